The molecule has 2 rings (SSSR count). The third kappa shape index (κ3) is 2.67. The van der Waals surface area contributed by atoms with E-state index in [0.717, 1.165) is 24.9 Å². The number of hydrogen-bond donors (Lipinski definition) is 2. The summed E-state index contributed by atoms with van der Waals surface area (Å²) in [5.74, 6) is 1.32. The number of fused-ring (bicyclic) bond motifs is 1. The first-order valence-electron chi connectivity index (χ1n) is 6.51. The monoisotopic (exact) mass is 225 g/mol. The molecule has 4 heteroatoms. The van der Waals surface area contributed by atoms with Gasteiger partial charge in [0.15, 0.2) is 0 Å². The Labute approximate surface area is 97.5 Å². The molecule has 1 aliphatic carbocycles. The first-order chi connectivity index (χ1) is 7.81. The molecule has 92 valence electrons. The first-order valence-corrected chi connectivity index (χ1v) is 6.51. The zero-order chi connectivity index (χ0) is 11.4. The Kier molecular flexibility index (Phi) is 4.04. The lowest BCUT2D eigenvalue weighted by molar-refractivity contribution is 0.112. The van der Waals surface area contributed by atoms with Crippen LogP contribution in [0.1, 0.15) is 44.9 Å². The van der Waals surface area contributed by atoms with Gasteiger partial charge in [-0.05, 0) is 51.1 Å². The van der Waals surface area contributed by atoms with Gasteiger partial charge in [0.25, 0.3) is 0 Å². The molecule has 0 aromatic heterocycles. The Morgan fingerprint density at radius 3 is 2.94 bits per heavy atom. The third-order valence-corrected chi connectivity index (χ3v) is 4.11. The second-order valence-electron chi connectivity index (χ2n) is 5.13. The fraction of sp³-hybridized carbons (Fsp3) is 0.917. The number of nitrogens with two attached hydrogens (primary N) is 1. The summed E-state index contributed by atoms with van der Waals surface area (Å²) in [6, 6.07) is 0.834. The minimum Gasteiger partial charge on any atom is -0.409 e. The molecule has 16 heavy (non-hydrogen) atoms. The summed E-state index contributed by atoms with van der Waals surface area (Å²) in [6.45, 7) is 2.36. The molecule has 4 nitrogen and oxygen atoms in total. The largest absolute Gasteiger partial charge is 0.409 e. The lowest BCUT2D eigenvalue weighted by Gasteiger charge is -2.37. The van der Waals surface area contributed by atoms with Crippen LogP contribution in [0.5, 0.6) is 0 Å². The Morgan fingerprint density at radius 1 is 1.31 bits per heavy atom. The van der Waals surface area contributed by atoms with Crippen LogP contribution in [0.2, 0.25) is 0 Å². The summed E-state index contributed by atoms with van der Waals surface area (Å²) < 4.78 is 0. The Hall–Kier alpha value is -0.770. The minimum absolute atomic E-state index is 0.361. The molecule has 3 N–H and O–H groups in total. The molecular formula is C12H23N3O. The van der Waals surface area contributed by atoms with Crippen molar-refractivity contribution in [3.8, 4) is 0 Å². The van der Waals surface area contributed by atoms with Gasteiger partial charge in [-0.3, -0.25) is 0 Å². The number of nitrogens with zero attached hydrogens (tertiary/aromatic N) is 2. The van der Waals surface area contributed by atoms with Crippen molar-refractivity contribution in [2.45, 2.75) is 51.0 Å². The molecule has 0 radical (unpaired) electrons. The van der Waals surface area contributed by atoms with Gasteiger partial charge in [-0.2, -0.15) is 0 Å². The number of oxime groups is 1. The van der Waals surface area contributed by atoms with Gasteiger partial charge in [-0.1, -0.05) is 11.6 Å². The van der Waals surface area contributed by atoms with Crippen molar-refractivity contribution in [1.82, 2.24) is 4.90 Å². The highest BCUT2D eigenvalue weighted by atomic mass is 16.4. The highest BCUT2D eigenvalue weighted by Crippen LogP contribution is 2.36. The van der Waals surface area contributed by atoms with Crippen LogP contribution in [0.4, 0.5) is 0 Å². The van der Waals surface area contributed by atoms with Gasteiger partial charge < -0.3 is 15.8 Å². The molecule has 1 saturated heterocycles. The van der Waals surface area contributed by atoms with Gasteiger partial charge in [0.2, 0.25) is 0 Å². The molecule has 1 heterocycles. The molecule has 0 spiro atoms. The molecule has 1 aliphatic heterocycles. The number of hydrogen-bond acceptors (Lipinski definition) is 3. The summed E-state index contributed by atoms with van der Waals surface area (Å²) in [5.41, 5.74) is 5.48. The predicted octanol–water partition coefficient (Wildman–Crippen LogP) is 1.78. The van der Waals surface area contributed by atoms with Crippen molar-refractivity contribution in [3.63, 3.8) is 0 Å². The molecule has 0 amide bonds. The predicted molar refractivity (Wildman–Crippen MR) is 64.6 cm³/mol. The Balaban J connectivity index is 1.76. The maximum atomic E-state index is 8.47. The van der Waals surface area contributed by atoms with Crippen LogP contribution in [0, 0.1) is 5.92 Å². The SMILES string of the molecule is NC(CCCN1CCCC2CCCC21)=NO. The second kappa shape index (κ2) is 5.53. The summed E-state index contributed by atoms with van der Waals surface area (Å²) in [5, 5.41) is 11.5. The molecule has 0 bridgehead atoms. The quantitative estimate of drug-likeness (QED) is 0.332. The number of rotatable bonds is 4. The second-order valence-corrected chi connectivity index (χ2v) is 5.13. The van der Waals surface area contributed by atoms with E-state index in [-0.39, 0.29) is 0 Å². The maximum absolute atomic E-state index is 8.47. The molecule has 2 unspecified atom stereocenters. The van der Waals surface area contributed by atoms with E-state index in [0.29, 0.717) is 12.3 Å². The van der Waals surface area contributed by atoms with E-state index < -0.39 is 0 Å². The average Bonchev–Trinajstić information content (AvgIpc) is 2.77. The van der Waals surface area contributed by atoms with Crippen molar-refractivity contribution < 1.29 is 5.21 Å². The Morgan fingerprint density at radius 2 is 2.12 bits per heavy atom. The summed E-state index contributed by atoms with van der Waals surface area (Å²) in [7, 11) is 0. The van der Waals surface area contributed by atoms with Crippen molar-refractivity contribution in [2.24, 2.45) is 16.8 Å². The molecule has 2 fully saturated rings. The van der Waals surface area contributed by atoms with Crippen LogP contribution >= 0.6 is 0 Å². The topological polar surface area (TPSA) is 61.8 Å². The molecule has 2 atom stereocenters. The van der Waals surface area contributed by atoms with Gasteiger partial charge in [0.1, 0.15) is 5.84 Å². The summed E-state index contributed by atoms with van der Waals surface area (Å²) >= 11 is 0. The van der Waals surface area contributed by atoms with E-state index in [9.17, 15) is 0 Å². The van der Waals surface area contributed by atoms with Crippen LogP contribution in [0.15, 0.2) is 5.16 Å². The van der Waals surface area contributed by atoms with Crippen LogP contribution in [-0.2, 0) is 0 Å². The van der Waals surface area contributed by atoms with Gasteiger partial charge in [-0.25, -0.2) is 0 Å². The van der Waals surface area contributed by atoms with Crippen LogP contribution in [-0.4, -0.2) is 35.1 Å². The fourth-order valence-electron chi connectivity index (χ4n) is 3.35. The minimum atomic E-state index is 0.361. The van der Waals surface area contributed by atoms with Crippen LogP contribution in [0.25, 0.3) is 0 Å². The van der Waals surface area contributed by atoms with Gasteiger partial charge in [0.05, 0.1) is 0 Å². The highest BCUT2D eigenvalue weighted by Gasteiger charge is 2.34. The normalized spacial score (nSPS) is 31.6. The van der Waals surface area contributed by atoms with E-state index in [4.69, 9.17) is 10.9 Å². The number of amidine groups is 1. The molecule has 2 aliphatic rings. The van der Waals surface area contributed by atoms with Crippen molar-refractivity contribution >= 4 is 5.84 Å². The maximum Gasteiger partial charge on any atom is 0.139 e. The van der Waals surface area contributed by atoms with Gasteiger partial charge in [0, 0.05) is 12.5 Å². The van der Waals surface area contributed by atoms with Crippen LogP contribution < -0.4 is 5.73 Å². The van der Waals surface area contributed by atoms with Gasteiger partial charge in [-0.15, -0.1) is 0 Å². The van der Waals surface area contributed by atoms with E-state index in [1.165, 1.54) is 38.6 Å². The summed E-state index contributed by atoms with van der Waals surface area (Å²) in [4.78, 5) is 2.63. The van der Waals surface area contributed by atoms with E-state index in [1.54, 1.807) is 0 Å². The van der Waals surface area contributed by atoms with Crippen molar-refractivity contribution in [3.05, 3.63) is 0 Å². The van der Waals surface area contributed by atoms with Gasteiger partial charge >= 0.3 is 0 Å². The zero-order valence-corrected chi connectivity index (χ0v) is 9.94. The molecule has 0 aromatic rings. The number of piperidine rings is 1. The lowest BCUT2D eigenvalue weighted by Crippen LogP contribution is -2.43. The smallest absolute Gasteiger partial charge is 0.139 e. The molecular weight excluding hydrogens is 202 g/mol. The first kappa shape index (κ1) is 11.7. The molecule has 1 saturated carbocycles. The standard InChI is InChI=1S/C12H23N3O/c13-12(14-16)7-3-9-15-8-2-5-10-4-1-6-11(10)15/h10-11,16H,1-9H2,(H2,13,14). The number of likely N-dealkylation sites (tertiary alicyclic amines) is 1. The lowest BCUT2D eigenvalue weighted by atomic mass is 9.92. The average molecular weight is 225 g/mol. The summed E-state index contributed by atoms with van der Waals surface area (Å²) in [6.07, 6.45) is 8.73. The Bertz CT molecular complexity index is 255. The fourth-order valence-corrected chi connectivity index (χ4v) is 3.35. The third-order valence-electron chi connectivity index (χ3n) is 4.11. The van der Waals surface area contributed by atoms with E-state index in [1.807, 2.05) is 0 Å². The van der Waals surface area contributed by atoms with Crippen LogP contribution in [0.3, 0.4) is 0 Å². The molecule has 0 aromatic carbocycles. The zero-order valence-electron chi connectivity index (χ0n) is 9.94. The highest BCUT2D eigenvalue weighted by molar-refractivity contribution is 5.79. The van der Waals surface area contributed by atoms with Crippen molar-refractivity contribution in [2.75, 3.05) is 13.1 Å². The van der Waals surface area contributed by atoms with Crippen molar-refractivity contribution in [1.29, 1.82) is 0 Å². The van der Waals surface area contributed by atoms with E-state index in [2.05, 4.69) is 10.1 Å². The van der Waals surface area contributed by atoms with E-state index >= 15 is 0 Å².